The zero-order chi connectivity index (χ0) is 24.9. The summed E-state index contributed by atoms with van der Waals surface area (Å²) in [5, 5.41) is 21.0. The highest BCUT2D eigenvalue weighted by atomic mass is 16.3. The number of aliphatic hydroxyl groups is 1. The molecular formula is C25H27N7O3. The summed E-state index contributed by atoms with van der Waals surface area (Å²) < 4.78 is 3.61. The molecule has 0 spiro atoms. The Kier molecular flexibility index (Phi) is 5.40. The van der Waals surface area contributed by atoms with Crippen LogP contribution in [-0.4, -0.2) is 47.8 Å². The molecule has 1 aliphatic rings. The Bertz CT molecular complexity index is 1430. The van der Waals surface area contributed by atoms with Crippen LogP contribution in [0.3, 0.4) is 0 Å². The van der Waals surface area contributed by atoms with Crippen molar-refractivity contribution in [1.82, 2.24) is 29.6 Å². The molecule has 1 aliphatic heterocycles. The fourth-order valence-corrected chi connectivity index (χ4v) is 4.24. The third-order valence-corrected chi connectivity index (χ3v) is 6.30. The monoisotopic (exact) mass is 473 g/mol. The van der Waals surface area contributed by atoms with E-state index in [4.69, 9.17) is 0 Å². The van der Waals surface area contributed by atoms with Crippen molar-refractivity contribution in [1.29, 1.82) is 0 Å². The van der Waals surface area contributed by atoms with Gasteiger partial charge in [0.15, 0.2) is 0 Å². The van der Waals surface area contributed by atoms with E-state index in [0.717, 1.165) is 10.9 Å². The quantitative estimate of drug-likeness (QED) is 0.409. The van der Waals surface area contributed by atoms with E-state index in [2.05, 4.69) is 25.7 Å². The summed E-state index contributed by atoms with van der Waals surface area (Å²) >= 11 is 0. The third kappa shape index (κ3) is 4.17. The lowest BCUT2D eigenvalue weighted by atomic mass is 10.0. The first kappa shape index (κ1) is 22.7. The molecule has 5 heterocycles. The zero-order valence-corrected chi connectivity index (χ0v) is 20.0. The number of rotatable bonds is 5. The molecule has 0 fully saturated rings. The molecule has 2 atom stereocenters. The van der Waals surface area contributed by atoms with Crippen LogP contribution in [0.2, 0.25) is 0 Å². The predicted octanol–water partition coefficient (Wildman–Crippen LogP) is 3.02. The Morgan fingerprint density at radius 1 is 1.26 bits per heavy atom. The van der Waals surface area contributed by atoms with Crippen LogP contribution in [0.4, 0.5) is 5.69 Å². The molecule has 0 aromatic carbocycles. The molecule has 0 saturated carbocycles. The number of pyridine rings is 2. The Morgan fingerprint density at radius 3 is 2.77 bits per heavy atom. The summed E-state index contributed by atoms with van der Waals surface area (Å²) in [6.07, 6.45) is 5.05. The van der Waals surface area contributed by atoms with Crippen molar-refractivity contribution >= 4 is 28.5 Å². The number of nitrogens with zero attached hydrogens (tertiary/aromatic N) is 5. The van der Waals surface area contributed by atoms with Crippen LogP contribution < -0.4 is 10.6 Å². The highest BCUT2D eigenvalue weighted by Crippen LogP contribution is 2.26. The Hall–Kier alpha value is -4.05. The zero-order valence-electron chi connectivity index (χ0n) is 20.0. The number of anilines is 1. The standard InChI is InChI=1S/C25H27N7O3/c1-14-10-27-24(34)20-9-16-5-7-19(30-22(16)32(14)20)23(33)29-18-12-28-31(13-18)15(2)17-6-8-21(26-11-17)25(3,4)35/h5-9,11-15,35H,10H2,1-4H3,(H,27,34)(H,29,33)/t14-,15?/m1/s1. The molecule has 0 bridgehead atoms. The summed E-state index contributed by atoms with van der Waals surface area (Å²) in [6, 6.07) is 8.86. The van der Waals surface area contributed by atoms with E-state index >= 15 is 0 Å². The lowest BCUT2D eigenvalue weighted by Gasteiger charge is -2.23. The van der Waals surface area contributed by atoms with E-state index in [0.29, 0.717) is 29.3 Å². The largest absolute Gasteiger partial charge is 0.384 e. The maximum atomic E-state index is 12.9. The fourth-order valence-electron chi connectivity index (χ4n) is 4.24. The molecule has 35 heavy (non-hydrogen) atoms. The average molecular weight is 474 g/mol. The van der Waals surface area contributed by atoms with Gasteiger partial charge in [-0.15, -0.1) is 0 Å². The van der Waals surface area contributed by atoms with Gasteiger partial charge < -0.3 is 20.3 Å². The summed E-state index contributed by atoms with van der Waals surface area (Å²) in [5.41, 5.74) is 2.45. The van der Waals surface area contributed by atoms with Gasteiger partial charge in [0.2, 0.25) is 0 Å². The van der Waals surface area contributed by atoms with Crippen molar-refractivity contribution in [3.05, 3.63) is 71.6 Å². The van der Waals surface area contributed by atoms with Gasteiger partial charge in [-0.05, 0) is 57.5 Å². The molecule has 5 rings (SSSR count). The van der Waals surface area contributed by atoms with Crippen LogP contribution in [0, 0.1) is 0 Å². The van der Waals surface area contributed by atoms with Gasteiger partial charge in [0.05, 0.1) is 29.7 Å². The van der Waals surface area contributed by atoms with Crippen molar-refractivity contribution in [2.45, 2.75) is 45.4 Å². The third-order valence-electron chi connectivity index (χ3n) is 6.30. The Balaban J connectivity index is 1.34. The topological polar surface area (TPSA) is 127 Å². The van der Waals surface area contributed by atoms with Crippen LogP contribution in [0.5, 0.6) is 0 Å². The minimum absolute atomic E-state index is 0.0396. The number of hydrogen-bond acceptors (Lipinski definition) is 6. The van der Waals surface area contributed by atoms with E-state index in [-0.39, 0.29) is 29.6 Å². The summed E-state index contributed by atoms with van der Waals surface area (Å²) in [5.74, 6) is -0.502. The van der Waals surface area contributed by atoms with Crippen molar-refractivity contribution in [3.63, 3.8) is 0 Å². The highest BCUT2D eigenvalue weighted by Gasteiger charge is 2.26. The molecule has 10 nitrogen and oxygen atoms in total. The second-order valence-corrected chi connectivity index (χ2v) is 9.44. The summed E-state index contributed by atoms with van der Waals surface area (Å²) in [6.45, 7) is 7.87. The van der Waals surface area contributed by atoms with Gasteiger partial charge in [-0.1, -0.05) is 6.07 Å². The van der Waals surface area contributed by atoms with Gasteiger partial charge >= 0.3 is 0 Å². The molecule has 2 amide bonds. The minimum Gasteiger partial charge on any atom is -0.384 e. The van der Waals surface area contributed by atoms with Gasteiger partial charge in [0.25, 0.3) is 11.8 Å². The van der Waals surface area contributed by atoms with Crippen molar-refractivity contribution in [3.8, 4) is 0 Å². The summed E-state index contributed by atoms with van der Waals surface area (Å²) in [7, 11) is 0. The van der Waals surface area contributed by atoms with Gasteiger partial charge in [-0.2, -0.15) is 5.10 Å². The number of carbonyl (C=O) groups excluding carboxylic acids is 2. The van der Waals surface area contributed by atoms with Crippen LogP contribution in [0.25, 0.3) is 11.0 Å². The number of nitrogens with one attached hydrogen (secondary N) is 2. The maximum absolute atomic E-state index is 12.9. The lowest BCUT2D eigenvalue weighted by Crippen LogP contribution is -2.37. The van der Waals surface area contributed by atoms with E-state index in [9.17, 15) is 14.7 Å². The molecule has 0 radical (unpaired) electrons. The van der Waals surface area contributed by atoms with E-state index < -0.39 is 5.60 Å². The van der Waals surface area contributed by atoms with E-state index in [1.807, 2.05) is 24.5 Å². The van der Waals surface area contributed by atoms with Crippen molar-refractivity contribution in [2.75, 3.05) is 11.9 Å². The number of amides is 2. The second-order valence-electron chi connectivity index (χ2n) is 9.44. The van der Waals surface area contributed by atoms with Crippen molar-refractivity contribution in [2.24, 2.45) is 0 Å². The highest BCUT2D eigenvalue weighted by molar-refractivity contribution is 6.04. The van der Waals surface area contributed by atoms with Crippen LogP contribution >= 0.6 is 0 Å². The van der Waals surface area contributed by atoms with Crippen LogP contribution in [0.15, 0.2) is 48.9 Å². The maximum Gasteiger partial charge on any atom is 0.274 e. The van der Waals surface area contributed by atoms with Gasteiger partial charge in [0, 0.05) is 24.3 Å². The second kappa shape index (κ2) is 8.31. The number of fused-ring (bicyclic) bond motifs is 3. The van der Waals surface area contributed by atoms with Crippen LogP contribution in [-0.2, 0) is 5.60 Å². The SMILES string of the molecule is CC(c1ccc(C(C)(C)O)nc1)n1cc(NC(=O)c2ccc3cc4n(c3n2)[C@H](C)CNC4=O)cn1. The first-order valence-corrected chi connectivity index (χ1v) is 11.5. The molecule has 0 aliphatic carbocycles. The average Bonchev–Trinajstić information content (AvgIpc) is 3.45. The molecule has 3 N–H and O–H groups in total. The fraction of sp³-hybridized carbons (Fsp3) is 0.320. The Morgan fingerprint density at radius 2 is 2.06 bits per heavy atom. The predicted molar refractivity (Wildman–Crippen MR) is 130 cm³/mol. The van der Waals surface area contributed by atoms with Gasteiger partial charge in [0.1, 0.15) is 22.6 Å². The number of aromatic nitrogens is 5. The number of hydrogen-bond donors (Lipinski definition) is 3. The minimum atomic E-state index is -1.01. The van der Waals surface area contributed by atoms with Gasteiger partial charge in [-0.3, -0.25) is 19.3 Å². The molecule has 10 heteroatoms. The molecule has 180 valence electrons. The first-order chi connectivity index (χ1) is 16.6. The molecule has 0 saturated heterocycles. The molecular weight excluding hydrogens is 446 g/mol. The smallest absolute Gasteiger partial charge is 0.274 e. The molecule has 1 unspecified atom stereocenters. The normalized spacial score (nSPS) is 16.6. The first-order valence-electron chi connectivity index (χ1n) is 11.5. The van der Waals surface area contributed by atoms with Crippen LogP contribution in [0.1, 0.15) is 72.0 Å². The Labute approximate surface area is 202 Å². The van der Waals surface area contributed by atoms with E-state index in [1.54, 1.807) is 61.4 Å². The molecule has 4 aromatic rings. The lowest BCUT2D eigenvalue weighted by molar-refractivity contribution is 0.0738. The molecule has 4 aromatic heterocycles. The van der Waals surface area contributed by atoms with E-state index in [1.165, 1.54) is 0 Å². The number of carbonyl (C=O) groups is 2. The van der Waals surface area contributed by atoms with Gasteiger partial charge in [-0.25, -0.2) is 4.98 Å². The van der Waals surface area contributed by atoms with Crippen molar-refractivity contribution < 1.29 is 14.7 Å². The summed E-state index contributed by atoms with van der Waals surface area (Å²) in [4.78, 5) is 34.1.